The van der Waals surface area contributed by atoms with E-state index in [1.807, 2.05) is 19.2 Å². The molecule has 1 aromatic rings. The number of hydrogen-bond acceptors (Lipinski definition) is 4. The van der Waals surface area contributed by atoms with Crippen LogP contribution in [-0.2, 0) is 0 Å². The molecule has 0 N–H and O–H groups in total. The standard InChI is InChI=1S/C13H16N2OS/c1-8-5-6-10(16-4)12-13(8)17-11(7-14)9(2)15(12)3/h5-6,9,11H,1-4H3. The van der Waals surface area contributed by atoms with Gasteiger partial charge >= 0.3 is 0 Å². The Balaban J connectivity index is 2.59. The van der Waals surface area contributed by atoms with Gasteiger partial charge in [0.05, 0.1) is 24.9 Å². The summed E-state index contributed by atoms with van der Waals surface area (Å²) in [5, 5.41) is 9.16. The highest BCUT2D eigenvalue weighted by molar-refractivity contribution is 8.00. The average Bonchev–Trinajstić information content (AvgIpc) is 2.34. The van der Waals surface area contributed by atoms with Gasteiger partial charge in [-0.3, -0.25) is 0 Å². The van der Waals surface area contributed by atoms with Crippen molar-refractivity contribution in [3.8, 4) is 11.8 Å². The highest BCUT2D eigenvalue weighted by Crippen LogP contribution is 2.47. The lowest BCUT2D eigenvalue weighted by atomic mass is 10.1. The second kappa shape index (κ2) is 4.50. The Morgan fingerprint density at radius 3 is 2.76 bits per heavy atom. The SMILES string of the molecule is COc1ccc(C)c2c1N(C)C(C)C(C#N)S2. The summed E-state index contributed by atoms with van der Waals surface area (Å²) in [5.74, 6) is 0.879. The second-order valence-corrected chi connectivity index (χ2v) is 5.43. The van der Waals surface area contributed by atoms with E-state index in [0.717, 1.165) is 16.3 Å². The van der Waals surface area contributed by atoms with E-state index in [9.17, 15) is 5.26 Å². The monoisotopic (exact) mass is 248 g/mol. The first-order valence-corrected chi connectivity index (χ1v) is 6.44. The number of anilines is 1. The molecular formula is C13H16N2OS. The first kappa shape index (κ1) is 12.1. The topological polar surface area (TPSA) is 36.3 Å². The van der Waals surface area contributed by atoms with Crippen LogP contribution < -0.4 is 9.64 Å². The Morgan fingerprint density at radius 2 is 2.18 bits per heavy atom. The Hall–Kier alpha value is -1.34. The molecule has 0 aromatic heterocycles. The molecule has 1 aromatic carbocycles. The van der Waals surface area contributed by atoms with Gasteiger partial charge in [-0.2, -0.15) is 5.26 Å². The summed E-state index contributed by atoms with van der Waals surface area (Å²) >= 11 is 1.64. The molecule has 0 aliphatic carbocycles. The van der Waals surface area contributed by atoms with Crippen molar-refractivity contribution in [3.63, 3.8) is 0 Å². The van der Waals surface area contributed by atoms with Crippen LogP contribution in [0, 0.1) is 18.3 Å². The minimum atomic E-state index is -0.0293. The number of benzene rings is 1. The van der Waals surface area contributed by atoms with Crippen LogP contribution in [-0.4, -0.2) is 25.4 Å². The molecule has 0 fully saturated rings. The smallest absolute Gasteiger partial charge is 0.143 e. The fraction of sp³-hybridized carbons (Fsp3) is 0.462. The number of rotatable bonds is 1. The fourth-order valence-electron chi connectivity index (χ4n) is 2.07. The van der Waals surface area contributed by atoms with Crippen molar-refractivity contribution in [3.05, 3.63) is 17.7 Å². The van der Waals surface area contributed by atoms with Crippen molar-refractivity contribution in [2.24, 2.45) is 0 Å². The van der Waals surface area contributed by atoms with E-state index in [1.165, 1.54) is 5.56 Å². The van der Waals surface area contributed by atoms with Gasteiger partial charge in [-0.05, 0) is 25.5 Å². The second-order valence-electron chi connectivity index (χ2n) is 4.28. The summed E-state index contributed by atoms with van der Waals surface area (Å²) in [7, 11) is 3.71. The number of methoxy groups -OCH3 is 1. The van der Waals surface area contributed by atoms with Crippen LogP contribution in [0.5, 0.6) is 5.75 Å². The van der Waals surface area contributed by atoms with Crippen molar-refractivity contribution in [1.82, 2.24) is 0 Å². The van der Waals surface area contributed by atoms with E-state index in [2.05, 4.69) is 24.8 Å². The zero-order valence-electron chi connectivity index (χ0n) is 10.5. The predicted octanol–water partition coefficient (Wildman–Crippen LogP) is 2.83. The fourth-order valence-corrected chi connectivity index (χ4v) is 3.36. The third-order valence-corrected chi connectivity index (χ3v) is 4.79. The van der Waals surface area contributed by atoms with E-state index in [-0.39, 0.29) is 11.3 Å². The van der Waals surface area contributed by atoms with Gasteiger partial charge in [0, 0.05) is 11.9 Å². The minimum Gasteiger partial charge on any atom is -0.495 e. The summed E-state index contributed by atoms with van der Waals surface area (Å²) < 4.78 is 5.42. The number of nitriles is 1. The van der Waals surface area contributed by atoms with Crippen molar-refractivity contribution < 1.29 is 4.74 Å². The van der Waals surface area contributed by atoms with Gasteiger partial charge in [0.25, 0.3) is 0 Å². The number of aryl methyl sites for hydroxylation is 1. The molecule has 0 bridgehead atoms. The number of nitrogens with zero attached hydrogens (tertiary/aromatic N) is 2. The molecule has 3 nitrogen and oxygen atoms in total. The van der Waals surface area contributed by atoms with E-state index in [0.29, 0.717) is 0 Å². The highest BCUT2D eigenvalue weighted by Gasteiger charge is 2.32. The van der Waals surface area contributed by atoms with Crippen molar-refractivity contribution in [2.75, 3.05) is 19.1 Å². The van der Waals surface area contributed by atoms with Crippen molar-refractivity contribution in [1.29, 1.82) is 5.26 Å². The van der Waals surface area contributed by atoms with E-state index >= 15 is 0 Å². The molecule has 0 amide bonds. The molecule has 0 saturated heterocycles. The van der Waals surface area contributed by atoms with Crippen LogP contribution in [0.4, 0.5) is 5.69 Å². The maximum atomic E-state index is 9.19. The summed E-state index contributed by atoms with van der Waals surface area (Å²) in [6.45, 7) is 4.15. The number of thioether (sulfide) groups is 1. The highest BCUT2D eigenvalue weighted by atomic mass is 32.2. The zero-order valence-corrected chi connectivity index (χ0v) is 11.3. The number of fused-ring (bicyclic) bond motifs is 1. The van der Waals surface area contributed by atoms with E-state index < -0.39 is 0 Å². The molecule has 17 heavy (non-hydrogen) atoms. The van der Waals surface area contributed by atoms with Crippen LogP contribution >= 0.6 is 11.8 Å². The minimum absolute atomic E-state index is 0.0293. The molecule has 0 spiro atoms. The molecule has 2 atom stereocenters. The molecule has 1 aliphatic rings. The Morgan fingerprint density at radius 1 is 1.47 bits per heavy atom. The lowest BCUT2D eigenvalue weighted by Gasteiger charge is -2.37. The van der Waals surface area contributed by atoms with Gasteiger partial charge in [-0.25, -0.2) is 0 Å². The summed E-state index contributed by atoms with van der Waals surface area (Å²) in [6, 6.07) is 6.59. The maximum absolute atomic E-state index is 9.19. The zero-order chi connectivity index (χ0) is 12.6. The first-order chi connectivity index (χ1) is 8.10. The molecule has 90 valence electrons. The van der Waals surface area contributed by atoms with Crippen molar-refractivity contribution in [2.45, 2.75) is 30.0 Å². The lowest BCUT2D eigenvalue weighted by molar-refractivity contribution is 0.412. The molecule has 2 rings (SSSR count). The first-order valence-electron chi connectivity index (χ1n) is 5.56. The third kappa shape index (κ3) is 1.85. The van der Waals surface area contributed by atoms with Crippen LogP contribution in [0.2, 0.25) is 0 Å². The number of hydrogen-bond donors (Lipinski definition) is 0. The maximum Gasteiger partial charge on any atom is 0.143 e. The Labute approximate surface area is 106 Å². The predicted molar refractivity (Wildman–Crippen MR) is 70.9 cm³/mol. The van der Waals surface area contributed by atoms with Gasteiger partial charge in [-0.15, -0.1) is 11.8 Å². The van der Waals surface area contributed by atoms with E-state index in [1.54, 1.807) is 18.9 Å². The number of ether oxygens (including phenoxy) is 1. The molecule has 0 saturated carbocycles. The largest absolute Gasteiger partial charge is 0.495 e. The van der Waals surface area contributed by atoms with Gasteiger partial charge in [0.15, 0.2) is 0 Å². The van der Waals surface area contributed by atoms with Crippen LogP contribution in [0.3, 0.4) is 0 Å². The van der Waals surface area contributed by atoms with E-state index in [4.69, 9.17) is 4.74 Å². The Kier molecular flexibility index (Phi) is 3.21. The van der Waals surface area contributed by atoms with Crippen LogP contribution in [0.1, 0.15) is 12.5 Å². The molecule has 0 radical (unpaired) electrons. The summed E-state index contributed by atoms with van der Waals surface area (Å²) in [5.41, 5.74) is 2.31. The molecule has 2 unspecified atom stereocenters. The normalized spacial score (nSPS) is 22.9. The third-order valence-electron chi connectivity index (χ3n) is 3.29. The molecular weight excluding hydrogens is 232 g/mol. The van der Waals surface area contributed by atoms with Crippen LogP contribution in [0.15, 0.2) is 17.0 Å². The van der Waals surface area contributed by atoms with Crippen LogP contribution in [0.25, 0.3) is 0 Å². The summed E-state index contributed by atoms with van der Waals surface area (Å²) in [6.07, 6.45) is 0. The molecule has 1 aliphatic heterocycles. The van der Waals surface area contributed by atoms with Gasteiger partial charge < -0.3 is 9.64 Å². The molecule has 1 heterocycles. The Bertz CT molecular complexity index is 481. The summed E-state index contributed by atoms with van der Waals surface area (Å²) in [4.78, 5) is 3.31. The molecule has 4 heteroatoms. The lowest BCUT2D eigenvalue weighted by Crippen LogP contribution is -2.40. The van der Waals surface area contributed by atoms with Gasteiger partial charge in [-0.1, -0.05) is 6.07 Å². The quantitative estimate of drug-likeness (QED) is 0.765. The van der Waals surface area contributed by atoms with Gasteiger partial charge in [0.1, 0.15) is 11.0 Å². The van der Waals surface area contributed by atoms with Gasteiger partial charge in [0.2, 0.25) is 0 Å². The van der Waals surface area contributed by atoms with Crippen molar-refractivity contribution >= 4 is 17.4 Å². The average molecular weight is 248 g/mol.